The molecule has 1 nitrogen and oxygen atoms in total. The van der Waals surface area contributed by atoms with Gasteiger partial charge >= 0.3 is 0 Å². The molecule has 138 valence electrons. The van der Waals surface area contributed by atoms with E-state index in [0.29, 0.717) is 17.6 Å². The predicted octanol–water partition coefficient (Wildman–Crippen LogP) is 7.63. The average Bonchev–Trinajstić information content (AvgIpc) is 2.67. The van der Waals surface area contributed by atoms with Gasteiger partial charge in [-0.3, -0.25) is 0 Å². The minimum atomic E-state index is 0.329. The van der Waals surface area contributed by atoms with Gasteiger partial charge in [-0.05, 0) is 56.6 Å². The minimum Gasteiger partial charge on any atom is -0.508 e. The highest BCUT2D eigenvalue weighted by Gasteiger charge is 2.01. The number of hydrogen-bond donors (Lipinski definition) is 1. The normalized spacial score (nSPS) is 11.0. The summed E-state index contributed by atoms with van der Waals surface area (Å²) < 4.78 is 0. The van der Waals surface area contributed by atoms with Crippen molar-refractivity contribution in [1.82, 2.24) is 0 Å². The van der Waals surface area contributed by atoms with E-state index >= 15 is 0 Å². The lowest BCUT2D eigenvalue weighted by Gasteiger charge is -2.06. The van der Waals surface area contributed by atoms with E-state index in [1.54, 1.807) is 12.1 Å². The highest BCUT2D eigenvalue weighted by Crippen LogP contribution is 2.24. The number of benzene rings is 4. The summed E-state index contributed by atoms with van der Waals surface area (Å²) in [6, 6.07) is 27.0. The number of phenolic OH excluding ortho intramolecular Hbond substituents is 1. The molecule has 0 radical (unpaired) electrons. The summed E-state index contributed by atoms with van der Waals surface area (Å²) in [4.78, 5) is 0. The Balaban J connectivity index is 0.000000156. The number of hydrogen-bond acceptors (Lipinski definition) is 1. The predicted molar refractivity (Wildman–Crippen MR) is 118 cm³/mol. The van der Waals surface area contributed by atoms with Crippen molar-refractivity contribution in [2.24, 2.45) is 0 Å². The standard InChI is InChI=1S/C13H14O.C13H14/c1-9(2)10-3-4-12-8-13(14)6-5-11(12)7-10;1-10(2)12-8-7-11-5-3-4-6-13(11)9-12/h3-9,14H,1-2H3;3-10H,1-2H3. The van der Waals surface area contributed by atoms with Crippen LogP contribution in [-0.4, -0.2) is 5.11 Å². The maximum Gasteiger partial charge on any atom is 0.116 e. The molecule has 0 aliphatic heterocycles. The van der Waals surface area contributed by atoms with Crippen LogP contribution >= 0.6 is 0 Å². The van der Waals surface area contributed by atoms with Gasteiger partial charge in [-0.15, -0.1) is 0 Å². The van der Waals surface area contributed by atoms with Gasteiger partial charge in [-0.25, -0.2) is 0 Å². The molecule has 0 fully saturated rings. The molecule has 0 saturated heterocycles. The maximum absolute atomic E-state index is 9.31. The largest absolute Gasteiger partial charge is 0.508 e. The van der Waals surface area contributed by atoms with Crippen LogP contribution < -0.4 is 0 Å². The van der Waals surface area contributed by atoms with Crippen LogP contribution in [0.2, 0.25) is 0 Å². The SMILES string of the molecule is CC(C)c1ccc2cc(O)ccc2c1.CC(C)c1ccc2ccccc2c1. The quantitative estimate of drug-likeness (QED) is 0.391. The number of phenols is 1. The van der Waals surface area contributed by atoms with Crippen LogP contribution in [0.4, 0.5) is 0 Å². The van der Waals surface area contributed by atoms with Crippen LogP contribution in [0, 0.1) is 0 Å². The second-order valence-corrected chi connectivity index (χ2v) is 7.71. The Morgan fingerprint density at radius 2 is 0.963 bits per heavy atom. The molecule has 27 heavy (non-hydrogen) atoms. The van der Waals surface area contributed by atoms with Crippen molar-refractivity contribution in [3.8, 4) is 5.75 Å². The van der Waals surface area contributed by atoms with Crippen molar-refractivity contribution >= 4 is 21.5 Å². The molecule has 0 unspecified atom stereocenters. The van der Waals surface area contributed by atoms with Gasteiger partial charge in [0.25, 0.3) is 0 Å². The molecule has 0 amide bonds. The number of fused-ring (bicyclic) bond motifs is 2. The molecule has 0 bridgehead atoms. The smallest absolute Gasteiger partial charge is 0.116 e. The molecule has 4 aromatic carbocycles. The fourth-order valence-electron chi connectivity index (χ4n) is 3.18. The third kappa shape index (κ3) is 4.68. The monoisotopic (exact) mass is 356 g/mol. The van der Waals surface area contributed by atoms with E-state index in [0.717, 1.165) is 5.39 Å². The molecular formula is C26H28O. The average molecular weight is 357 g/mol. The van der Waals surface area contributed by atoms with E-state index in [1.165, 1.54) is 27.3 Å². The number of rotatable bonds is 2. The zero-order chi connectivity index (χ0) is 19.4. The highest BCUT2D eigenvalue weighted by molar-refractivity contribution is 5.84. The summed E-state index contributed by atoms with van der Waals surface area (Å²) in [7, 11) is 0. The second-order valence-electron chi connectivity index (χ2n) is 7.71. The van der Waals surface area contributed by atoms with Gasteiger partial charge in [-0.2, -0.15) is 0 Å². The summed E-state index contributed by atoms with van der Waals surface area (Å²) in [6.45, 7) is 8.82. The summed E-state index contributed by atoms with van der Waals surface area (Å²) >= 11 is 0. The zero-order valence-corrected chi connectivity index (χ0v) is 16.6. The van der Waals surface area contributed by atoms with Gasteiger partial charge in [0, 0.05) is 0 Å². The first-order valence-electron chi connectivity index (χ1n) is 9.65. The van der Waals surface area contributed by atoms with E-state index in [2.05, 4.69) is 88.4 Å². The molecule has 0 aliphatic rings. The molecule has 0 aromatic heterocycles. The van der Waals surface area contributed by atoms with Crippen molar-refractivity contribution in [3.63, 3.8) is 0 Å². The van der Waals surface area contributed by atoms with Gasteiger partial charge < -0.3 is 5.11 Å². The fourth-order valence-corrected chi connectivity index (χ4v) is 3.18. The summed E-state index contributed by atoms with van der Waals surface area (Å²) in [6.07, 6.45) is 0. The first-order valence-corrected chi connectivity index (χ1v) is 9.65. The van der Waals surface area contributed by atoms with Crippen molar-refractivity contribution in [2.75, 3.05) is 0 Å². The second kappa shape index (κ2) is 8.26. The lowest BCUT2D eigenvalue weighted by molar-refractivity contribution is 0.476. The van der Waals surface area contributed by atoms with E-state index < -0.39 is 0 Å². The molecule has 0 spiro atoms. The van der Waals surface area contributed by atoms with E-state index in [-0.39, 0.29) is 0 Å². The Bertz CT molecular complexity index is 1040. The Morgan fingerprint density at radius 1 is 0.519 bits per heavy atom. The molecule has 4 rings (SSSR count). The van der Waals surface area contributed by atoms with Gasteiger partial charge in [-0.1, -0.05) is 94.4 Å². The molecule has 4 aromatic rings. The lowest BCUT2D eigenvalue weighted by atomic mass is 9.99. The molecule has 0 aliphatic carbocycles. The first kappa shape index (κ1) is 19.0. The van der Waals surface area contributed by atoms with Crippen LogP contribution in [0.15, 0.2) is 78.9 Å². The van der Waals surface area contributed by atoms with E-state index in [4.69, 9.17) is 0 Å². The first-order chi connectivity index (χ1) is 12.9. The Labute approximate surface area is 162 Å². The van der Waals surface area contributed by atoms with Crippen LogP contribution in [-0.2, 0) is 0 Å². The third-order valence-electron chi connectivity index (χ3n) is 4.95. The number of aromatic hydroxyl groups is 1. The summed E-state index contributed by atoms with van der Waals surface area (Å²) in [5.41, 5.74) is 2.75. The minimum absolute atomic E-state index is 0.329. The van der Waals surface area contributed by atoms with Crippen LogP contribution in [0.5, 0.6) is 5.75 Å². The topological polar surface area (TPSA) is 20.2 Å². The van der Waals surface area contributed by atoms with Crippen LogP contribution in [0.1, 0.15) is 50.7 Å². The van der Waals surface area contributed by atoms with E-state index in [1.807, 2.05) is 6.07 Å². The Hall–Kier alpha value is -2.80. The van der Waals surface area contributed by atoms with E-state index in [9.17, 15) is 5.11 Å². The van der Waals surface area contributed by atoms with Crippen molar-refractivity contribution in [1.29, 1.82) is 0 Å². The Morgan fingerprint density at radius 3 is 1.56 bits per heavy atom. The maximum atomic E-state index is 9.31. The lowest BCUT2D eigenvalue weighted by Crippen LogP contribution is -1.86. The fraction of sp³-hybridized carbons (Fsp3) is 0.231. The highest BCUT2D eigenvalue weighted by atomic mass is 16.3. The van der Waals surface area contributed by atoms with Crippen molar-refractivity contribution < 1.29 is 5.11 Å². The molecule has 0 saturated carbocycles. The molecule has 1 N–H and O–H groups in total. The van der Waals surface area contributed by atoms with Crippen molar-refractivity contribution in [2.45, 2.75) is 39.5 Å². The van der Waals surface area contributed by atoms with Gasteiger partial charge in [0.2, 0.25) is 0 Å². The third-order valence-corrected chi connectivity index (χ3v) is 4.95. The Kier molecular flexibility index (Phi) is 5.81. The van der Waals surface area contributed by atoms with Crippen LogP contribution in [0.3, 0.4) is 0 Å². The molecule has 1 heteroatoms. The summed E-state index contributed by atoms with van der Waals surface area (Å²) in [5.74, 6) is 1.49. The molecular weight excluding hydrogens is 328 g/mol. The summed E-state index contributed by atoms with van der Waals surface area (Å²) in [5, 5.41) is 14.3. The van der Waals surface area contributed by atoms with Gasteiger partial charge in [0.15, 0.2) is 0 Å². The van der Waals surface area contributed by atoms with Crippen molar-refractivity contribution in [3.05, 3.63) is 90.0 Å². The van der Waals surface area contributed by atoms with Crippen LogP contribution in [0.25, 0.3) is 21.5 Å². The molecule has 0 heterocycles. The van der Waals surface area contributed by atoms with Gasteiger partial charge in [0.05, 0.1) is 0 Å². The molecule has 0 atom stereocenters. The zero-order valence-electron chi connectivity index (χ0n) is 16.6. The van der Waals surface area contributed by atoms with Gasteiger partial charge in [0.1, 0.15) is 5.75 Å².